The molecular weight excluding hydrogens is 272 g/mol. The van der Waals surface area contributed by atoms with Crippen molar-refractivity contribution in [2.75, 3.05) is 7.05 Å². The van der Waals surface area contributed by atoms with Crippen molar-refractivity contribution in [1.82, 2.24) is 9.88 Å². The number of nitrogens with one attached hydrogen (secondary N) is 1. The summed E-state index contributed by atoms with van der Waals surface area (Å²) in [5, 5.41) is 8.82. The molecule has 1 aromatic heterocycles. The first-order valence-corrected chi connectivity index (χ1v) is 6.24. The van der Waals surface area contributed by atoms with Gasteiger partial charge in [0.15, 0.2) is 0 Å². The number of aromatic carboxylic acids is 1. The van der Waals surface area contributed by atoms with Gasteiger partial charge in [-0.25, -0.2) is 4.79 Å². The molecule has 0 unspecified atom stereocenters. The molecule has 0 aliphatic rings. The van der Waals surface area contributed by atoms with Crippen LogP contribution in [0.3, 0.4) is 0 Å². The number of hydrogen-bond acceptors (Lipinski definition) is 3. The third-order valence-electron chi connectivity index (χ3n) is 2.99. The number of pyridine rings is 1. The van der Waals surface area contributed by atoms with E-state index in [-0.39, 0.29) is 17.0 Å². The minimum Gasteiger partial charge on any atom is -0.478 e. The molecule has 0 aliphatic carbocycles. The fourth-order valence-corrected chi connectivity index (χ4v) is 1.90. The maximum absolute atomic E-state index is 12.2. The van der Waals surface area contributed by atoms with Gasteiger partial charge in [0.25, 0.3) is 5.91 Å². The summed E-state index contributed by atoms with van der Waals surface area (Å²) >= 11 is 0. The van der Waals surface area contributed by atoms with Crippen LogP contribution in [0.15, 0.2) is 47.4 Å². The van der Waals surface area contributed by atoms with Crippen LogP contribution in [0.2, 0.25) is 0 Å². The zero-order valence-electron chi connectivity index (χ0n) is 11.4. The van der Waals surface area contributed by atoms with E-state index in [2.05, 4.69) is 4.98 Å². The highest BCUT2D eigenvalue weighted by molar-refractivity contribution is 5.93. The van der Waals surface area contributed by atoms with Crippen molar-refractivity contribution >= 4 is 11.9 Å². The lowest BCUT2D eigenvalue weighted by Gasteiger charge is -2.17. The predicted octanol–water partition coefficient (Wildman–Crippen LogP) is 1.35. The average Bonchev–Trinajstić information content (AvgIpc) is 2.47. The van der Waals surface area contributed by atoms with Crippen molar-refractivity contribution in [3.63, 3.8) is 0 Å². The van der Waals surface area contributed by atoms with E-state index in [1.165, 1.54) is 35.4 Å². The first-order chi connectivity index (χ1) is 9.97. The molecule has 0 fully saturated rings. The third kappa shape index (κ3) is 3.56. The SMILES string of the molecule is CN(Cc1ccc(C(=O)O)cc1)C(=O)c1cc[nH]c(=O)c1. The van der Waals surface area contributed by atoms with E-state index in [4.69, 9.17) is 5.11 Å². The summed E-state index contributed by atoms with van der Waals surface area (Å²) in [5.74, 6) is -1.27. The molecule has 6 nitrogen and oxygen atoms in total. The Balaban J connectivity index is 2.10. The maximum atomic E-state index is 12.2. The van der Waals surface area contributed by atoms with Crippen LogP contribution in [0.5, 0.6) is 0 Å². The summed E-state index contributed by atoms with van der Waals surface area (Å²) < 4.78 is 0. The maximum Gasteiger partial charge on any atom is 0.335 e. The van der Waals surface area contributed by atoms with Crippen molar-refractivity contribution in [3.8, 4) is 0 Å². The van der Waals surface area contributed by atoms with Crippen LogP contribution in [0.4, 0.5) is 0 Å². The molecule has 1 aromatic carbocycles. The summed E-state index contributed by atoms with van der Waals surface area (Å²) in [6.07, 6.45) is 1.42. The number of aromatic nitrogens is 1. The van der Waals surface area contributed by atoms with Crippen LogP contribution in [0.1, 0.15) is 26.3 Å². The van der Waals surface area contributed by atoms with Gasteiger partial charge in [-0.1, -0.05) is 12.1 Å². The molecule has 0 bridgehead atoms. The van der Waals surface area contributed by atoms with Crippen LogP contribution in [-0.4, -0.2) is 33.9 Å². The number of carboxylic acid groups (broad SMARTS) is 1. The van der Waals surface area contributed by atoms with Gasteiger partial charge in [0.2, 0.25) is 5.56 Å². The third-order valence-corrected chi connectivity index (χ3v) is 2.99. The van der Waals surface area contributed by atoms with Crippen LogP contribution in [-0.2, 0) is 6.54 Å². The smallest absolute Gasteiger partial charge is 0.335 e. The van der Waals surface area contributed by atoms with Crippen molar-refractivity contribution < 1.29 is 14.7 Å². The number of rotatable bonds is 4. The number of H-pyrrole nitrogens is 1. The summed E-state index contributed by atoms with van der Waals surface area (Å²) in [4.78, 5) is 38.0. The molecular formula is C15H14N2O4. The Kier molecular flexibility index (Phi) is 4.18. The summed E-state index contributed by atoms with van der Waals surface area (Å²) in [5.41, 5.74) is 0.978. The van der Waals surface area contributed by atoms with Crippen LogP contribution >= 0.6 is 0 Å². The first-order valence-electron chi connectivity index (χ1n) is 6.24. The highest BCUT2D eigenvalue weighted by Gasteiger charge is 2.12. The molecule has 2 N–H and O–H groups in total. The molecule has 0 aliphatic heterocycles. The van der Waals surface area contributed by atoms with E-state index >= 15 is 0 Å². The molecule has 2 rings (SSSR count). The van der Waals surface area contributed by atoms with E-state index in [0.29, 0.717) is 12.1 Å². The van der Waals surface area contributed by atoms with Gasteiger partial charge in [-0.3, -0.25) is 9.59 Å². The van der Waals surface area contributed by atoms with E-state index in [0.717, 1.165) is 5.56 Å². The van der Waals surface area contributed by atoms with Gasteiger partial charge in [0.05, 0.1) is 5.56 Å². The number of hydrogen-bond donors (Lipinski definition) is 2. The first kappa shape index (κ1) is 14.5. The van der Waals surface area contributed by atoms with Crippen molar-refractivity contribution in [2.24, 2.45) is 0 Å². The van der Waals surface area contributed by atoms with Crippen LogP contribution < -0.4 is 5.56 Å². The number of carboxylic acids is 1. The molecule has 1 heterocycles. The molecule has 108 valence electrons. The van der Waals surface area contributed by atoms with Crippen molar-refractivity contribution in [3.05, 3.63) is 69.6 Å². The Morgan fingerprint density at radius 3 is 2.38 bits per heavy atom. The number of benzene rings is 1. The zero-order valence-corrected chi connectivity index (χ0v) is 11.4. The molecule has 1 amide bonds. The zero-order chi connectivity index (χ0) is 15.4. The van der Waals surface area contributed by atoms with Gasteiger partial charge >= 0.3 is 5.97 Å². The number of nitrogens with zero attached hydrogens (tertiary/aromatic N) is 1. The lowest BCUT2D eigenvalue weighted by atomic mass is 10.1. The Labute approximate surface area is 120 Å². The van der Waals surface area contributed by atoms with Gasteiger partial charge in [-0.05, 0) is 23.8 Å². The van der Waals surface area contributed by atoms with Crippen molar-refractivity contribution in [2.45, 2.75) is 6.54 Å². The van der Waals surface area contributed by atoms with Crippen molar-refractivity contribution in [1.29, 1.82) is 0 Å². The number of amides is 1. The fourth-order valence-electron chi connectivity index (χ4n) is 1.90. The topological polar surface area (TPSA) is 90.5 Å². The summed E-state index contributed by atoms with van der Waals surface area (Å²) in [6, 6.07) is 9.07. The number of carbonyl (C=O) groups is 2. The molecule has 0 saturated heterocycles. The molecule has 21 heavy (non-hydrogen) atoms. The lowest BCUT2D eigenvalue weighted by Crippen LogP contribution is -2.27. The summed E-state index contributed by atoms with van der Waals surface area (Å²) in [6.45, 7) is 0.325. The normalized spacial score (nSPS) is 10.1. The number of carbonyl (C=O) groups excluding carboxylic acids is 1. The van der Waals surface area contributed by atoms with E-state index in [1.807, 2.05) is 0 Å². The Morgan fingerprint density at radius 2 is 1.81 bits per heavy atom. The minimum absolute atomic E-state index is 0.197. The van der Waals surface area contributed by atoms with Gasteiger partial charge in [0, 0.05) is 31.4 Å². The fraction of sp³-hybridized carbons (Fsp3) is 0.133. The lowest BCUT2D eigenvalue weighted by molar-refractivity contribution is 0.0695. The Bertz CT molecular complexity index is 719. The molecule has 2 aromatic rings. The monoisotopic (exact) mass is 286 g/mol. The minimum atomic E-state index is -0.991. The highest BCUT2D eigenvalue weighted by Crippen LogP contribution is 2.09. The predicted molar refractivity (Wildman–Crippen MR) is 76.3 cm³/mol. The van der Waals surface area contributed by atoms with E-state index in [1.54, 1.807) is 19.2 Å². The van der Waals surface area contributed by atoms with Gasteiger partial charge < -0.3 is 15.0 Å². The van der Waals surface area contributed by atoms with E-state index < -0.39 is 5.97 Å². The largest absolute Gasteiger partial charge is 0.478 e. The number of aromatic amines is 1. The van der Waals surface area contributed by atoms with E-state index in [9.17, 15) is 14.4 Å². The van der Waals surface area contributed by atoms with Gasteiger partial charge in [0.1, 0.15) is 0 Å². The standard InChI is InChI=1S/C15H14N2O4/c1-17(14(19)12-6-7-16-13(18)8-12)9-10-2-4-11(5-3-10)15(20)21/h2-8H,9H2,1H3,(H,16,18)(H,20,21). The summed E-state index contributed by atoms with van der Waals surface area (Å²) in [7, 11) is 1.62. The Morgan fingerprint density at radius 1 is 1.14 bits per heavy atom. The molecule has 0 atom stereocenters. The Hall–Kier alpha value is -2.89. The second-order valence-corrected chi connectivity index (χ2v) is 4.60. The molecule has 0 saturated carbocycles. The quantitative estimate of drug-likeness (QED) is 0.887. The highest BCUT2D eigenvalue weighted by atomic mass is 16.4. The molecule has 6 heteroatoms. The van der Waals surface area contributed by atoms with Gasteiger partial charge in [-0.2, -0.15) is 0 Å². The van der Waals surface area contributed by atoms with Crippen LogP contribution in [0.25, 0.3) is 0 Å². The molecule has 0 spiro atoms. The molecule has 0 radical (unpaired) electrons. The van der Waals surface area contributed by atoms with Crippen LogP contribution in [0, 0.1) is 0 Å². The second kappa shape index (κ2) is 6.04. The average molecular weight is 286 g/mol. The second-order valence-electron chi connectivity index (χ2n) is 4.60. The van der Waals surface area contributed by atoms with Gasteiger partial charge in [-0.15, -0.1) is 0 Å².